The molecule has 0 bridgehead atoms. The number of aryl methyl sites for hydroxylation is 1. The van der Waals surface area contributed by atoms with Crippen LogP contribution in [0.1, 0.15) is 27.0 Å². The molecule has 0 atom stereocenters. The standard InChI is InChI=1S/C24H24BrN3O3S/c1-15-8-7-11-20(16(15)2)26-24(32)28-27-23(29)18-12-19(25)22(21(13-18)30-3)31-14-17-9-5-4-6-10-17/h4-13H,14H2,1-3H3,(H,27,29)(H2,26,28,32). The lowest BCUT2D eigenvalue weighted by atomic mass is 10.1. The fourth-order valence-corrected chi connectivity index (χ4v) is 3.66. The average Bonchev–Trinajstić information content (AvgIpc) is 2.79. The van der Waals surface area contributed by atoms with E-state index in [0.29, 0.717) is 28.1 Å². The number of carbonyl (C=O) groups excluding carboxylic acids is 1. The van der Waals surface area contributed by atoms with Gasteiger partial charge in [0.1, 0.15) is 6.61 Å². The zero-order valence-corrected chi connectivity index (χ0v) is 20.4. The van der Waals surface area contributed by atoms with Gasteiger partial charge in [-0.3, -0.25) is 15.6 Å². The largest absolute Gasteiger partial charge is 0.493 e. The molecule has 0 aliphatic rings. The Morgan fingerprint density at radius 1 is 1.03 bits per heavy atom. The topological polar surface area (TPSA) is 71.6 Å². The number of carbonyl (C=O) groups is 1. The van der Waals surface area contributed by atoms with Gasteiger partial charge in [0.2, 0.25) is 0 Å². The fraction of sp³-hybridized carbons (Fsp3) is 0.167. The summed E-state index contributed by atoms with van der Waals surface area (Å²) in [6, 6.07) is 19.0. The Labute approximate surface area is 201 Å². The van der Waals surface area contributed by atoms with E-state index < -0.39 is 0 Å². The monoisotopic (exact) mass is 513 g/mol. The van der Waals surface area contributed by atoms with E-state index in [-0.39, 0.29) is 11.0 Å². The number of ether oxygens (including phenoxy) is 2. The van der Waals surface area contributed by atoms with E-state index in [1.54, 1.807) is 12.1 Å². The highest BCUT2D eigenvalue weighted by molar-refractivity contribution is 9.10. The van der Waals surface area contributed by atoms with Crippen LogP contribution in [-0.2, 0) is 6.61 Å². The van der Waals surface area contributed by atoms with E-state index in [1.165, 1.54) is 7.11 Å². The van der Waals surface area contributed by atoms with Gasteiger partial charge in [-0.2, -0.15) is 0 Å². The molecule has 0 aliphatic heterocycles. The number of amides is 1. The molecule has 0 fully saturated rings. The van der Waals surface area contributed by atoms with Crippen LogP contribution in [0, 0.1) is 13.8 Å². The summed E-state index contributed by atoms with van der Waals surface area (Å²) in [5, 5.41) is 3.36. The van der Waals surface area contributed by atoms with Crippen molar-refractivity contribution in [2.45, 2.75) is 20.5 Å². The lowest BCUT2D eigenvalue weighted by molar-refractivity contribution is 0.0943. The summed E-state index contributed by atoms with van der Waals surface area (Å²) in [5.41, 5.74) is 9.84. The van der Waals surface area contributed by atoms with Gasteiger partial charge < -0.3 is 14.8 Å². The van der Waals surface area contributed by atoms with E-state index in [1.807, 2.05) is 62.4 Å². The molecular weight excluding hydrogens is 490 g/mol. The number of methoxy groups -OCH3 is 1. The zero-order chi connectivity index (χ0) is 23.1. The van der Waals surface area contributed by atoms with Crippen molar-refractivity contribution < 1.29 is 14.3 Å². The van der Waals surface area contributed by atoms with E-state index in [4.69, 9.17) is 21.7 Å². The number of thiocarbonyl (C=S) groups is 1. The van der Waals surface area contributed by atoms with E-state index in [0.717, 1.165) is 22.4 Å². The van der Waals surface area contributed by atoms with Gasteiger partial charge >= 0.3 is 0 Å². The van der Waals surface area contributed by atoms with Crippen LogP contribution < -0.4 is 25.6 Å². The molecule has 0 saturated carbocycles. The maximum absolute atomic E-state index is 12.7. The van der Waals surface area contributed by atoms with Gasteiger partial charge in [0.25, 0.3) is 5.91 Å². The molecule has 0 aromatic heterocycles. The van der Waals surface area contributed by atoms with Crippen molar-refractivity contribution in [3.05, 3.63) is 87.4 Å². The van der Waals surface area contributed by atoms with Crippen LogP contribution in [0.2, 0.25) is 0 Å². The number of nitrogens with one attached hydrogen (secondary N) is 3. The Kier molecular flexibility index (Phi) is 8.08. The number of anilines is 1. The van der Waals surface area contributed by atoms with Crippen LogP contribution in [0.15, 0.2) is 65.1 Å². The predicted molar refractivity (Wildman–Crippen MR) is 134 cm³/mol. The minimum absolute atomic E-state index is 0.279. The van der Waals surface area contributed by atoms with Crippen LogP contribution in [-0.4, -0.2) is 18.1 Å². The molecule has 166 valence electrons. The first-order chi connectivity index (χ1) is 15.4. The Hall–Kier alpha value is -3.10. The van der Waals surface area contributed by atoms with E-state index in [9.17, 15) is 4.79 Å². The normalized spacial score (nSPS) is 10.2. The Balaban J connectivity index is 1.64. The van der Waals surface area contributed by atoms with Gasteiger partial charge in [0, 0.05) is 11.3 Å². The molecule has 0 saturated heterocycles. The molecule has 3 aromatic rings. The average molecular weight is 514 g/mol. The van der Waals surface area contributed by atoms with E-state index >= 15 is 0 Å². The smallest absolute Gasteiger partial charge is 0.269 e. The highest BCUT2D eigenvalue weighted by Gasteiger charge is 2.16. The number of hydrogen-bond acceptors (Lipinski definition) is 4. The first kappa shape index (κ1) is 23.6. The zero-order valence-electron chi connectivity index (χ0n) is 18.0. The molecule has 0 radical (unpaired) electrons. The highest BCUT2D eigenvalue weighted by Crippen LogP contribution is 2.37. The number of benzene rings is 3. The molecule has 0 unspecified atom stereocenters. The molecule has 3 rings (SSSR count). The second-order valence-corrected chi connectivity index (χ2v) is 8.31. The van der Waals surface area contributed by atoms with Crippen molar-refractivity contribution in [1.29, 1.82) is 0 Å². The Morgan fingerprint density at radius 3 is 2.50 bits per heavy atom. The minimum Gasteiger partial charge on any atom is -0.493 e. The predicted octanol–water partition coefficient (Wildman–Crippen LogP) is 5.28. The first-order valence-electron chi connectivity index (χ1n) is 9.87. The lowest BCUT2D eigenvalue weighted by Gasteiger charge is -2.16. The molecule has 3 aromatic carbocycles. The van der Waals surface area contributed by atoms with Crippen LogP contribution in [0.25, 0.3) is 0 Å². The van der Waals surface area contributed by atoms with Crippen molar-refractivity contribution in [2.24, 2.45) is 0 Å². The van der Waals surface area contributed by atoms with Gasteiger partial charge in [-0.15, -0.1) is 0 Å². The van der Waals surface area contributed by atoms with Crippen molar-refractivity contribution in [2.75, 3.05) is 12.4 Å². The summed E-state index contributed by atoms with van der Waals surface area (Å²) >= 11 is 8.77. The number of hydrazine groups is 1. The Bertz CT molecular complexity index is 1120. The van der Waals surface area contributed by atoms with Crippen molar-refractivity contribution >= 4 is 44.9 Å². The van der Waals surface area contributed by atoms with Crippen LogP contribution in [0.5, 0.6) is 11.5 Å². The number of rotatable bonds is 6. The van der Waals surface area contributed by atoms with Gasteiger partial charge in [-0.25, -0.2) is 0 Å². The molecule has 3 N–H and O–H groups in total. The molecule has 32 heavy (non-hydrogen) atoms. The molecule has 0 heterocycles. The van der Waals surface area contributed by atoms with E-state index in [2.05, 4.69) is 32.1 Å². The van der Waals surface area contributed by atoms with Crippen LogP contribution in [0.4, 0.5) is 5.69 Å². The van der Waals surface area contributed by atoms with Crippen molar-refractivity contribution in [3.8, 4) is 11.5 Å². The summed E-state index contributed by atoms with van der Waals surface area (Å²) in [7, 11) is 1.53. The second-order valence-electron chi connectivity index (χ2n) is 7.04. The number of halogens is 1. The van der Waals surface area contributed by atoms with Gasteiger partial charge in [0.05, 0.1) is 11.6 Å². The third-order valence-corrected chi connectivity index (χ3v) is 5.65. The summed E-state index contributed by atoms with van der Waals surface area (Å²) < 4.78 is 12.0. The SMILES string of the molecule is COc1cc(C(=O)NNC(=S)Nc2cccc(C)c2C)cc(Br)c1OCc1ccccc1. The fourth-order valence-electron chi connectivity index (χ4n) is 2.95. The number of hydrogen-bond donors (Lipinski definition) is 3. The molecule has 1 amide bonds. The maximum atomic E-state index is 12.7. The first-order valence-corrected chi connectivity index (χ1v) is 11.1. The van der Waals surface area contributed by atoms with Crippen LogP contribution in [0.3, 0.4) is 0 Å². The summed E-state index contributed by atoms with van der Waals surface area (Å²) in [6.45, 7) is 4.41. The lowest BCUT2D eigenvalue weighted by Crippen LogP contribution is -2.43. The van der Waals surface area contributed by atoms with Gasteiger partial charge in [0.15, 0.2) is 16.6 Å². The molecular formula is C24H24BrN3O3S. The Morgan fingerprint density at radius 2 is 1.78 bits per heavy atom. The minimum atomic E-state index is -0.372. The van der Waals surface area contributed by atoms with Crippen molar-refractivity contribution in [1.82, 2.24) is 10.9 Å². The summed E-state index contributed by atoms with van der Waals surface area (Å²) in [6.07, 6.45) is 0. The van der Waals surface area contributed by atoms with Gasteiger partial charge in [-0.05, 0) is 76.9 Å². The third kappa shape index (κ3) is 5.99. The summed E-state index contributed by atoms with van der Waals surface area (Å²) in [5.74, 6) is 0.591. The third-order valence-electron chi connectivity index (χ3n) is 4.86. The quantitative estimate of drug-likeness (QED) is 0.307. The molecule has 0 aliphatic carbocycles. The molecule has 0 spiro atoms. The van der Waals surface area contributed by atoms with Gasteiger partial charge in [-0.1, -0.05) is 42.5 Å². The maximum Gasteiger partial charge on any atom is 0.269 e. The second kappa shape index (κ2) is 11.0. The molecule has 6 nitrogen and oxygen atoms in total. The summed E-state index contributed by atoms with van der Waals surface area (Å²) in [4.78, 5) is 12.7. The molecule has 8 heteroatoms. The van der Waals surface area contributed by atoms with Crippen molar-refractivity contribution in [3.63, 3.8) is 0 Å². The van der Waals surface area contributed by atoms with Crippen LogP contribution >= 0.6 is 28.1 Å². The highest BCUT2D eigenvalue weighted by atomic mass is 79.9.